The van der Waals surface area contributed by atoms with Crippen molar-refractivity contribution in [1.29, 1.82) is 0 Å². The molecule has 0 aromatic carbocycles. The Morgan fingerprint density at radius 3 is 2.18 bits per heavy atom. The Hall–Kier alpha value is -0.373. The van der Waals surface area contributed by atoms with Crippen LogP contribution in [0.15, 0.2) is 0 Å². The van der Waals surface area contributed by atoms with Crippen LogP contribution >= 0.6 is 11.6 Å². The third-order valence-corrected chi connectivity index (χ3v) is 6.70. The lowest BCUT2D eigenvalue weighted by Crippen LogP contribution is -2.35. The monoisotopic (exact) mass is 364 g/mol. The molecule has 0 amide bonds. The zero-order valence-corrected chi connectivity index (χ0v) is 17.1. The molecule has 22 heavy (non-hydrogen) atoms. The Morgan fingerprint density at radius 1 is 1.27 bits per heavy atom. The summed E-state index contributed by atoms with van der Waals surface area (Å²) in [5.41, 5.74) is 0.451. The number of nitrogens with zero attached hydrogens (tertiary/aromatic N) is 3. The summed E-state index contributed by atoms with van der Waals surface area (Å²) in [6.45, 7) is 10.2. The Kier molecular flexibility index (Phi) is 6.28. The predicted molar refractivity (Wildman–Crippen MR) is 95.1 cm³/mol. The number of imidazole rings is 1. The van der Waals surface area contributed by atoms with Gasteiger partial charge < -0.3 is 0 Å². The fourth-order valence-electron chi connectivity index (χ4n) is 2.18. The zero-order valence-electron chi connectivity index (χ0n) is 14.6. The molecule has 1 aromatic rings. The summed E-state index contributed by atoms with van der Waals surface area (Å²) in [6, 6.07) is 0. The molecule has 0 aliphatic rings. The Labute approximate surface area is 141 Å². The summed E-state index contributed by atoms with van der Waals surface area (Å²) in [5, 5.41) is 0.950. The zero-order chi connectivity index (χ0) is 17.3. The second kappa shape index (κ2) is 7.03. The highest BCUT2D eigenvalue weighted by Gasteiger charge is 2.33. The first-order chi connectivity index (χ1) is 9.94. The Morgan fingerprint density at radius 2 is 1.82 bits per heavy atom. The van der Waals surface area contributed by atoms with Crippen LogP contribution in [0.25, 0.3) is 0 Å². The van der Waals surface area contributed by atoms with E-state index in [1.807, 2.05) is 20.8 Å². The number of hydrogen-bond acceptors (Lipinski definition) is 3. The van der Waals surface area contributed by atoms with E-state index in [4.69, 9.17) is 16.6 Å². The molecule has 1 radical (unpaired) electrons. The molecule has 0 saturated carbocycles. The summed E-state index contributed by atoms with van der Waals surface area (Å²) in [6.07, 6.45) is 1.37. The molecular formula is C14H27ClN3O2SSi. The normalized spacial score (nSPS) is 13.4. The van der Waals surface area contributed by atoms with Gasteiger partial charge in [-0.15, -0.1) is 11.6 Å². The van der Waals surface area contributed by atoms with Gasteiger partial charge in [-0.2, -0.15) is 12.7 Å². The van der Waals surface area contributed by atoms with E-state index in [1.165, 1.54) is 8.28 Å². The summed E-state index contributed by atoms with van der Waals surface area (Å²) in [5.74, 6) is 1.11. The predicted octanol–water partition coefficient (Wildman–Crippen LogP) is 1.97. The van der Waals surface area contributed by atoms with Crippen molar-refractivity contribution < 1.29 is 8.42 Å². The van der Waals surface area contributed by atoms with Gasteiger partial charge in [0.25, 0.3) is 0 Å². The highest BCUT2D eigenvalue weighted by atomic mass is 35.5. The van der Waals surface area contributed by atoms with Crippen LogP contribution in [0, 0.1) is 0 Å². The SMILES string of the molecule is CN(C)S(=O)(=O)n1c(C(C)(C)C)nc([Si](C)C)c1CCCCl. The molecule has 8 heteroatoms. The summed E-state index contributed by atoms with van der Waals surface area (Å²) in [7, 11) is -1.38. The first-order valence-corrected chi connectivity index (χ1v) is 11.8. The van der Waals surface area contributed by atoms with Crippen LogP contribution in [-0.4, -0.2) is 50.5 Å². The molecule has 127 valence electrons. The Bertz CT molecular complexity index is 619. The highest BCUT2D eigenvalue weighted by molar-refractivity contribution is 7.87. The van der Waals surface area contributed by atoms with E-state index in [2.05, 4.69) is 13.1 Å². The standard InChI is InChI=1S/C14H27ClN3O2SSi/c1-14(2,3)13-16-12(22(6)7)11(9-8-10-15)18(13)21(19,20)17(4)5/h8-10H2,1-7H3. The minimum Gasteiger partial charge on any atom is -0.241 e. The fraction of sp³-hybridized carbons (Fsp3) is 0.786. The second-order valence-corrected chi connectivity index (χ2v) is 11.7. The topological polar surface area (TPSA) is 55.2 Å². The lowest BCUT2D eigenvalue weighted by atomic mass is 9.96. The molecule has 0 saturated heterocycles. The van der Waals surface area contributed by atoms with Gasteiger partial charge in [0.2, 0.25) is 0 Å². The maximum absolute atomic E-state index is 12.8. The van der Waals surface area contributed by atoms with E-state index in [0.717, 1.165) is 17.4 Å². The van der Waals surface area contributed by atoms with Crippen molar-refractivity contribution >= 4 is 35.9 Å². The van der Waals surface area contributed by atoms with E-state index < -0.39 is 19.0 Å². The third kappa shape index (κ3) is 3.93. The molecule has 1 aromatic heterocycles. The molecule has 1 rings (SSSR count). The van der Waals surface area contributed by atoms with Gasteiger partial charge in [-0.3, -0.25) is 0 Å². The van der Waals surface area contributed by atoms with Crippen LogP contribution in [0.1, 0.15) is 38.7 Å². The van der Waals surface area contributed by atoms with E-state index in [1.54, 1.807) is 14.1 Å². The lowest BCUT2D eigenvalue weighted by Gasteiger charge is -2.23. The van der Waals surface area contributed by atoms with Gasteiger partial charge in [-0.05, 0) is 12.8 Å². The van der Waals surface area contributed by atoms with Gasteiger partial charge in [-0.1, -0.05) is 33.9 Å². The van der Waals surface area contributed by atoms with E-state index in [9.17, 15) is 8.42 Å². The van der Waals surface area contributed by atoms with Crippen LogP contribution in [0.5, 0.6) is 0 Å². The molecule has 0 spiro atoms. The van der Waals surface area contributed by atoms with Crippen molar-refractivity contribution in [1.82, 2.24) is 13.3 Å². The van der Waals surface area contributed by atoms with Gasteiger partial charge in [-0.25, -0.2) is 8.96 Å². The number of alkyl halides is 1. The van der Waals surface area contributed by atoms with Crippen LogP contribution in [0.3, 0.4) is 0 Å². The first kappa shape index (κ1) is 19.7. The quantitative estimate of drug-likeness (QED) is 0.572. The highest BCUT2D eigenvalue weighted by Crippen LogP contribution is 2.25. The van der Waals surface area contributed by atoms with Crippen LogP contribution in [-0.2, 0) is 22.0 Å². The maximum Gasteiger partial charge on any atom is 0.308 e. The van der Waals surface area contributed by atoms with Crippen molar-refractivity contribution in [3.8, 4) is 0 Å². The summed E-state index contributed by atoms with van der Waals surface area (Å²) in [4.78, 5) is 4.74. The van der Waals surface area contributed by atoms with E-state index in [0.29, 0.717) is 18.1 Å². The van der Waals surface area contributed by atoms with Crippen LogP contribution in [0.4, 0.5) is 0 Å². The second-order valence-electron chi connectivity index (χ2n) is 6.83. The molecule has 0 unspecified atom stereocenters. The number of aromatic nitrogens is 2. The van der Waals surface area contributed by atoms with E-state index in [-0.39, 0.29) is 5.41 Å². The van der Waals surface area contributed by atoms with Gasteiger partial charge in [0.05, 0.1) is 5.69 Å². The molecule has 0 bridgehead atoms. The molecule has 0 aliphatic heterocycles. The summed E-state index contributed by atoms with van der Waals surface area (Å²) < 4.78 is 28.4. The summed E-state index contributed by atoms with van der Waals surface area (Å²) >= 11 is 5.83. The molecule has 1 heterocycles. The van der Waals surface area contributed by atoms with Gasteiger partial charge >= 0.3 is 10.2 Å². The molecule has 0 atom stereocenters. The minimum absolute atomic E-state index is 0.353. The number of rotatable bonds is 6. The largest absolute Gasteiger partial charge is 0.308 e. The average Bonchev–Trinajstić information content (AvgIpc) is 2.75. The molecule has 5 nitrogen and oxygen atoms in total. The van der Waals surface area contributed by atoms with Crippen LogP contribution in [0.2, 0.25) is 13.1 Å². The van der Waals surface area contributed by atoms with Crippen molar-refractivity contribution in [2.75, 3.05) is 20.0 Å². The third-order valence-electron chi connectivity index (χ3n) is 3.31. The van der Waals surface area contributed by atoms with Gasteiger partial charge in [0.1, 0.15) is 14.6 Å². The van der Waals surface area contributed by atoms with Gasteiger partial charge in [0.15, 0.2) is 0 Å². The lowest BCUT2D eigenvalue weighted by molar-refractivity contribution is 0.486. The fourth-order valence-corrected chi connectivity index (χ4v) is 4.85. The molecular weight excluding hydrogens is 338 g/mol. The van der Waals surface area contributed by atoms with Crippen molar-refractivity contribution in [2.24, 2.45) is 0 Å². The molecule has 0 aliphatic carbocycles. The smallest absolute Gasteiger partial charge is 0.241 e. The average molecular weight is 365 g/mol. The first-order valence-electron chi connectivity index (χ1n) is 7.36. The number of halogens is 1. The van der Waals surface area contributed by atoms with Crippen molar-refractivity contribution in [2.45, 2.75) is 52.1 Å². The van der Waals surface area contributed by atoms with Crippen molar-refractivity contribution in [3.05, 3.63) is 11.5 Å². The maximum atomic E-state index is 12.8. The molecule has 0 N–H and O–H groups in total. The number of hydrogen-bond donors (Lipinski definition) is 0. The van der Waals surface area contributed by atoms with Crippen LogP contribution < -0.4 is 5.32 Å². The van der Waals surface area contributed by atoms with E-state index >= 15 is 0 Å². The van der Waals surface area contributed by atoms with Crippen molar-refractivity contribution in [3.63, 3.8) is 0 Å². The van der Waals surface area contributed by atoms with Gasteiger partial charge in [0, 0.05) is 30.7 Å². The Balaban J connectivity index is 3.74. The molecule has 0 fully saturated rings. The minimum atomic E-state index is -3.60.